The lowest BCUT2D eigenvalue weighted by Crippen LogP contribution is -2.29. The zero-order valence-corrected chi connectivity index (χ0v) is 12.0. The zero-order valence-electron chi connectivity index (χ0n) is 11.2. The molecule has 5 heteroatoms. The Morgan fingerprint density at radius 2 is 2.16 bits per heavy atom. The quantitative estimate of drug-likeness (QED) is 0.334. The van der Waals surface area contributed by atoms with Gasteiger partial charge in [-0.1, -0.05) is 24.6 Å². The topological polar surface area (TPSA) is 64.3 Å². The number of hydrogen-bond acceptors (Lipinski definition) is 3. The number of hydrazine groups is 1. The number of unbranched alkanes of at least 4 members (excludes halogenated alkanes) is 2. The predicted octanol–water partition coefficient (Wildman–Crippen LogP) is 2.83. The summed E-state index contributed by atoms with van der Waals surface area (Å²) in [5.41, 5.74) is 3.31. The number of carbonyl (C=O) groups excluding carboxylic acids is 1. The fourth-order valence-electron chi connectivity index (χ4n) is 1.70. The van der Waals surface area contributed by atoms with Gasteiger partial charge in [-0.05, 0) is 43.4 Å². The molecular weight excluding hydrogens is 264 g/mol. The Morgan fingerprint density at radius 1 is 1.37 bits per heavy atom. The molecule has 0 aliphatic carbocycles. The summed E-state index contributed by atoms with van der Waals surface area (Å²) in [4.78, 5) is 10.9. The van der Waals surface area contributed by atoms with Gasteiger partial charge >= 0.3 is 0 Å². The maximum Gasteiger partial charge on any atom is 0.233 e. The van der Waals surface area contributed by atoms with E-state index in [9.17, 15) is 4.79 Å². The Kier molecular flexibility index (Phi) is 7.30. The van der Waals surface area contributed by atoms with E-state index < -0.39 is 0 Å². The summed E-state index contributed by atoms with van der Waals surface area (Å²) >= 11 is 6.12. The van der Waals surface area contributed by atoms with Crippen LogP contribution in [0.3, 0.4) is 0 Å². The molecule has 0 aliphatic heterocycles. The Labute approximate surface area is 119 Å². The lowest BCUT2D eigenvalue weighted by Gasteiger charge is -2.09. The second-order valence-corrected chi connectivity index (χ2v) is 4.75. The highest BCUT2D eigenvalue weighted by Gasteiger charge is 2.03. The molecule has 0 aliphatic rings. The van der Waals surface area contributed by atoms with Crippen LogP contribution in [0.2, 0.25) is 5.02 Å². The first kappa shape index (κ1) is 15.8. The summed E-state index contributed by atoms with van der Waals surface area (Å²) in [5.74, 6) is 5.59. The molecule has 1 aromatic carbocycles. The SMILES string of the molecule is CCc1ccc(OCCCCCC(=O)NN)c(Cl)c1. The van der Waals surface area contributed by atoms with Gasteiger partial charge in [-0.15, -0.1) is 0 Å². The summed E-state index contributed by atoms with van der Waals surface area (Å²) in [6.45, 7) is 2.69. The average molecular weight is 285 g/mol. The highest BCUT2D eigenvalue weighted by atomic mass is 35.5. The van der Waals surface area contributed by atoms with Gasteiger partial charge in [0.1, 0.15) is 5.75 Å². The molecule has 0 heterocycles. The summed E-state index contributed by atoms with van der Waals surface area (Å²) < 4.78 is 5.61. The average Bonchev–Trinajstić information content (AvgIpc) is 2.43. The number of ether oxygens (including phenoxy) is 1. The summed E-state index contributed by atoms with van der Waals surface area (Å²) in [6, 6.07) is 5.86. The van der Waals surface area contributed by atoms with Crippen LogP contribution >= 0.6 is 11.6 Å². The normalized spacial score (nSPS) is 10.3. The predicted molar refractivity (Wildman–Crippen MR) is 77.1 cm³/mol. The lowest BCUT2D eigenvalue weighted by molar-refractivity contribution is -0.121. The molecule has 0 saturated heterocycles. The molecule has 0 radical (unpaired) electrons. The number of rotatable bonds is 8. The van der Waals surface area contributed by atoms with Crippen LogP contribution in [0.15, 0.2) is 18.2 Å². The number of amides is 1. The van der Waals surface area contributed by atoms with Crippen LogP contribution < -0.4 is 16.0 Å². The van der Waals surface area contributed by atoms with Crippen molar-refractivity contribution in [2.45, 2.75) is 39.0 Å². The fraction of sp³-hybridized carbons (Fsp3) is 0.500. The van der Waals surface area contributed by atoms with Gasteiger partial charge in [0.2, 0.25) is 5.91 Å². The van der Waals surface area contributed by atoms with Crippen LogP contribution in [0.1, 0.15) is 38.2 Å². The van der Waals surface area contributed by atoms with Crippen molar-refractivity contribution < 1.29 is 9.53 Å². The molecule has 1 aromatic rings. The first-order chi connectivity index (χ1) is 9.17. The number of carbonyl (C=O) groups is 1. The highest BCUT2D eigenvalue weighted by molar-refractivity contribution is 6.32. The number of nitrogens with one attached hydrogen (secondary N) is 1. The maximum atomic E-state index is 10.9. The van der Waals surface area contributed by atoms with Crippen LogP contribution in [0.4, 0.5) is 0 Å². The van der Waals surface area contributed by atoms with Gasteiger partial charge in [-0.3, -0.25) is 10.2 Å². The number of benzene rings is 1. The van der Waals surface area contributed by atoms with Crippen LogP contribution in [0.25, 0.3) is 0 Å². The first-order valence-corrected chi connectivity index (χ1v) is 6.95. The molecule has 0 unspecified atom stereocenters. The first-order valence-electron chi connectivity index (χ1n) is 6.58. The standard InChI is InChI=1S/C14H21ClN2O2/c1-2-11-7-8-13(12(15)10-11)19-9-5-3-4-6-14(18)17-16/h7-8,10H,2-6,9,16H2,1H3,(H,17,18). The van der Waals surface area contributed by atoms with Crippen LogP contribution in [0, 0.1) is 0 Å². The minimum Gasteiger partial charge on any atom is -0.492 e. The molecule has 1 amide bonds. The van der Waals surface area contributed by atoms with Crippen molar-refractivity contribution in [2.24, 2.45) is 5.84 Å². The maximum absolute atomic E-state index is 10.9. The minimum absolute atomic E-state index is 0.126. The van der Waals surface area contributed by atoms with E-state index in [0.29, 0.717) is 18.1 Å². The van der Waals surface area contributed by atoms with Crippen molar-refractivity contribution >= 4 is 17.5 Å². The van der Waals surface area contributed by atoms with Gasteiger partial charge in [0.15, 0.2) is 0 Å². The van der Waals surface area contributed by atoms with Gasteiger partial charge in [0.25, 0.3) is 0 Å². The van der Waals surface area contributed by atoms with Gasteiger partial charge < -0.3 is 4.74 Å². The van der Waals surface area contributed by atoms with E-state index in [2.05, 4.69) is 12.3 Å². The molecular formula is C14H21ClN2O2. The third kappa shape index (κ3) is 5.94. The van der Waals surface area contributed by atoms with Gasteiger partial charge in [0.05, 0.1) is 11.6 Å². The van der Waals surface area contributed by atoms with Crippen LogP contribution in [-0.4, -0.2) is 12.5 Å². The van der Waals surface area contributed by atoms with Crippen molar-refractivity contribution in [2.75, 3.05) is 6.61 Å². The van der Waals surface area contributed by atoms with E-state index >= 15 is 0 Å². The minimum atomic E-state index is -0.126. The molecule has 106 valence electrons. The molecule has 0 spiro atoms. The summed E-state index contributed by atoms with van der Waals surface area (Å²) in [7, 11) is 0. The molecule has 0 aromatic heterocycles. The third-order valence-electron chi connectivity index (χ3n) is 2.87. The van der Waals surface area contributed by atoms with Crippen molar-refractivity contribution in [3.8, 4) is 5.75 Å². The lowest BCUT2D eigenvalue weighted by atomic mass is 10.1. The highest BCUT2D eigenvalue weighted by Crippen LogP contribution is 2.25. The van der Waals surface area contributed by atoms with Crippen LogP contribution in [-0.2, 0) is 11.2 Å². The van der Waals surface area contributed by atoms with Gasteiger partial charge in [-0.25, -0.2) is 5.84 Å². The Balaban J connectivity index is 2.21. The smallest absolute Gasteiger partial charge is 0.233 e. The van der Waals surface area contributed by atoms with Crippen molar-refractivity contribution in [3.63, 3.8) is 0 Å². The Hall–Kier alpha value is -1.26. The second kappa shape index (κ2) is 8.77. The third-order valence-corrected chi connectivity index (χ3v) is 3.17. The van der Waals surface area contributed by atoms with Crippen molar-refractivity contribution in [3.05, 3.63) is 28.8 Å². The van der Waals surface area contributed by atoms with E-state index in [1.165, 1.54) is 5.56 Å². The summed E-state index contributed by atoms with van der Waals surface area (Å²) in [6.07, 6.45) is 4.06. The number of hydrogen-bond donors (Lipinski definition) is 2. The van der Waals surface area contributed by atoms with Crippen molar-refractivity contribution in [1.82, 2.24) is 5.43 Å². The van der Waals surface area contributed by atoms with Gasteiger partial charge in [0, 0.05) is 6.42 Å². The second-order valence-electron chi connectivity index (χ2n) is 4.34. The molecule has 0 atom stereocenters. The van der Waals surface area contributed by atoms with Gasteiger partial charge in [-0.2, -0.15) is 0 Å². The van der Waals surface area contributed by atoms with E-state index in [4.69, 9.17) is 22.2 Å². The molecule has 4 nitrogen and oxygen atoms in total. The monoisotopic (exact) mass is 284 g/mol. The fourth-order valence-corrected chi connectivity index (χ4v) is 1.96. The largest absolute Gasteiger partial charge is 0.492 e. The summed E-state index contributed by atoms with van der Waals surface area (Å²) in [5, 5.41) is 0.654. The molecule has 0 fully saturated rings. The molecule has 0 saturated carbocycles. The van der Waals surface area contributed by atoms with E-state index in [-0.39, 0.29) is 5.91 Å². The Bertz CT molecular complexity index is 410. The van der Waals surface area contributed by atoms with E-state index in [0.717, 1.165) is 31.4 Å². The molecule has 3 N–H and O–H groups in total. The number of nitrogens with two attached hydrogens (primary N) is 1. The van der Waals surface area contributed by atoms with Crippen LogP contribution in [0.5, 0.6) is 5.75 Å². The molecule has 0 bridgehead atoms. The molecule has 19 heavy (non-hydrogen) atoms. The van der Waals surface area contributed by atoms with E-state index in [1.807, 2.05) is 18.2 Å². The molecule has 1 rings (SSSR count). The number of halogens is 1. The Morgan fingerprint density at radius 3 is 2.79 bits per heavy atom. The van der Waals surface area contributed by atoms with E-state index in [1.54, 1.807) is 0 Å². The number of aryl methyl sites for hydroxylation is 1. The van der Waals surface area contributed by atoms with Crippen molar-refractivity contribution in [1.29, 1.82) is 0 Å². The zero-order chi connectivity index (χ0) is 14.1.